The Morgan fingerprint density at radius 1 is 1.55 bits per heavy atom. The first-order valence-electron chi connectivity index (χ1n) is 6.23. The van der Waals surface area contributed by atoms with Crippen LogP contribution in [0.1, 0.15) is 30.1 Å². The number of hydrogen-bond acceptors (Lipinski definition) is 4. The number of nitro benzene ring substituents is 1. The van der Waals surface area contributed by atoms with E-state index in [4.69, 9.17) is 11.6 Å². The van der Waals surface area contributed by atoms with E-state index in [-0.39, 0.29) is 22.4 Å². The van der Waals surface area contributed by atoms with E-state index in [1.807, 2.05) is 6.92 Å². The van der Waals surface area contributed by atoms with Gasteiger partial charge in [-0.2, -0.15) is 0 Å². The Labute approximate surface area is 120 Å². The van der Waals surface area contributed by atoms with Crippen LogP contribution in [-0.4, -0.2) is 28.2 Å². The average Bonchev–Trinajstić information content (AvgIpc) is 2.78. The van der Waals surface area contributed by atoms with Gasteiger partial charge in [-0.25, -0.2) is 0 Å². The summed E-state index contributed by atoms with van der Waals surface area (Å²) in [5.41, 5.74) is -0.598. The molecule has 0 spiro atoms. The van der Waals surface area contributed by atoms with Gasteiger partial charge >= 0.3 is 5.69 Å². The standard InChI is InChI=1S/C13H13ClN2O4/c1-2-8-6-11(17)15(7-8)13(18)9-4-3-5-10(14)12(9)16(19)20/h3-5,8H,2,6-7H2,1H3. The molecule has 20 heavy (non-hydrogen) atoms. The molecule has 0 bridgehead atoms. The van der Waals surface area contributed by atoms with Crippen LogP contribution >= 0.6 is 11.6 Å². The summed E-state index contributed by atoms with van der Waals surface area (Å²) >= 11 is 5.77. The van der Waals surface area contributed by atoms with Crippen molar-refractivity contribution in [1.82, 2.24) is 4.90 Å². The topological polar surface area (TPSA) is 80.5 Å². The normalized spacial score (nSPS) is 18.4. The number of likely N-dealkylation sites (tertiary alicyclic amines) is 1. The molecule has 1 aliphatic rings. The predicted octanol–water partition coefficient (Wildman–Crippen LogP) is 2.65. The van der Waals surface area contributed by atoms with Gasteiger partial charge < -0.3 is 0 Å². The summed E-state index contributed by atoms with van der Waals surface area (Å²) in [6, 6.07) is 4.12. The highest BCUT2D eigenvalue weighted by Gasteiger charge is 2.36. The summed E-state index contributed by atoms with van der Waals surface area (Å²) in [6.45, 7) is 2.24. The number of rotatable bonds is 3. The minimum atomic E-state index is -0.701. The molecule has 0 aromatic heterocycles. The number of carbonyl (C=O) groups excluding carboxylic acids is 2. The molecular formula is C13H13ClN2O4. The molecule has 1 atom stereocenters. The van der Waals surface area contributed by atoms with E-state index in [1.165, 1.54) is 18.2 Å². The molecule has 1 aromatic rings. The zero-order valence-electron chi connectivity index (χ0n) is 10.8. The van der Waals surface area contributed by atoms with E-state index < -0.39 is 16.5 Å². The first-order chi connectivity index (χ1) is 9.45. The van der Waals surface area contributed by atoms with Crippen LogP contribution in [0.2, 0.25) is 5.02 Å². The monoisotopic (exact) mass is 296 g/mol. The van der Waals surface area contributed by atoms with E-state index in [0.29, 0.717) is 13.0 Å². The van der Waals surface area contributed by atoms with Gasteiger partial charge in [0.2, 0.25) is 5.91 Å². The Hall–Kier alpha value is -1.95. The number of benzene rings is 1. The van der Waals surface area contributed by atoms with Crippen LogP contribution in [-0.2, 0) is 4.79 Å². The van der Waals surface area contributed by atoms with Crippen LogP contribution < -0.4 is 0 Å². The minimum absolute atomic E-state index is 0.112. The van der Waals surface area contributed by atoms with Crippen molar-refractivity contribution in [2.45, 2.75) is 19.8 Å². The lowest BCUT2D eigenvalue weighted by Crippen LogP contribution is -2.32. The maximum Gasteiger partial charge on any atom is 0.300 e. The van der Waals surface area contributed by atoms with E-state index in [0.717, 1.165) is 11.3 Å². The molecule has 1 aliphatic heterocycles. The van der Waals surface area contributed by atoms with Crippen molar-refractivity contribution in [3.05, 3.63) is 38.9 Å². The van der Waals surface area contributed by atoms with Gasteiger partial charge in [-0.3, -0.25) is 24.6 Å². The molecule has 6 nitrogen and oxygen atoms in total. The summed E-state index contributed by atoms with van der Waals surface area (Å²) in [5, 5.41) is 10.9. The lowest BCUT2D eigenvalue weighted by Gasteiger charge is -2.14. The number of carbonyl (C=O) groups is 2. The highest BCUT2D eigenvalue weighted by atomic mass is 35.5. The fourth-order valence-corrected chi connectivity index (χ4v) is 2.51. The summed E-state index contributed by atoms with van der Waals surface area (Å²) in [7, 11) is 0. The second-order valence-corrected chi connectivity index (χ2v) is 5.09. The second-order valence-electron chi connectivity index (χ2n) is 4.68. The number of hydrogen-bond donors (Lipinski definition) is 0. The number of halogens is 1. The molecule has 0 saturated carbocycles. The zero-order chi connectivity index (χ0) is 14.9. The molecule has 1 unspecified atom stereocenters. The smallest absolute Gasteiger partial charge is 0.278 e. The Bertz CT molecular complexity index is 588. The maximum atomic E-state index is 12.3. The summed E-state index contributed by atoms with van der Waals surface area (Å²) in [4.78, 5) is 35.6. The van der Waals surface area contributed by atoms with Crippen LogP contribution in [0.5, 0.6) is 0 Å². The maximum absolute atomic E-state index is 12.3. The quantitative estimate of drug-likeness (QED) is 0.488. The summed E-state index contributed by atoms with van der Waals surface area (Å²) in [5.74, 6) is -0.832. The Balaban J connectivity index is 2.38. The first-order valence-corrected chi connectivity index (χ1v) is 6.61. The van der Waals surface area contributed by atoms with Crippen molar-refractivity contribution in [2.75, 3.05) is 6.54 Å². The SMILES string of the molecule is CCC1CC(=O)N(C(=O)c2cccc(Cl)c2[N+](=O)[O-])C1. The van der Waals surface area contributed by atoms with Gasteiger partial charge in [-0.05, 0) is 18.1 Å². The van der Waals surface area contributed by atoms with E-state index in [1.54, 1.807) is 0 Å². The molecule has 106 valence electrons. The van der Waals surface area contributed by atoms with Crippen molar-refractivity contribution in [1.29, 1.82) is 0 Å². The van der Waals surface area contributed by atoms with Crippen molar-refractivity contribution < 1.29 is 14.5 Å². The van der Waals surface area contributed by atoms with Gasteiger partial charge in [0, 0.05) is 13.0 Å². The predicted molar refractivity (Wildman–Crippen MR) is 72.5 cm³/mol. The second kappa shape index (κ2) is 5.58. The Morgan fingerprint density at radius 2 is 2.25 bits per heavy atom. The van der Waals surface area contributed by atoms with Gasteiger partial charge in [-0.15, -0.1) is 0 Å². The van der Waals surface area contributed by atoms with E-state index in [9.17, 15) is 19.7 Å². The molecule has 2 rings (SSSR count). The van der Waals surface area contributed by atoms with Gasteiger partial charge in [0.1, 0.15) is 10.6 Å². The number of nitro groups is 1. The fourth-order valence-electron chi connectivity index (χ4n) is 2.27. The summed E-state index contributed by atoms with van der Waals surface area (Å²) < 4.78 is 0. The molecule has 2 amide bonds. The van der Waals surface area contributed by atoms with Crippen molar-refractivity contribution in [3.63, 3.8) is 0 Å². The number of para-hydroxylation sites is 1. The van der Waals surface area contributed by atoms with Gasteiger partial charge in [0.05, 0.1) is 4.92 Å². The van der Waals surface area contributed by atoms with E-state index in [2.05, 4.69) is 0 Å². The molecule has 0 radical (unpaired) electrons. The highest BCUT2D eigenvalue weighted by molar-refractivity contribution is 6.33. The largest absolute Gasteiger partial charge is 0.300 e. The van der Waals surface area contributed by atoms with Crippen molar-refractivity contribution in [2.24, 2.45) is 5.92 Å². The Kier molecular flexibility index (Phi) is 4.04. The highest BCUT2D eigenvalue weighted by Crippen LogP contribution is 2.31. The molecule has 1 saturated heterocycles. The first kappa shape index (κ1) is 14.5. The molecule has 1 heterocycles. The van der Waals surface area contributed by atoms with Gasteiger partial charge in [0.15, 0.2) is 0 Å². The minimum Gasteiger partial charge on any atom is -0.278 e. The van der Waals surface area contributed by atoms with Gasteiger partial charge in [0.25, 0.3) is 5.91 Å². The number of nitrogens with zero attached hydrogens (tertiary/aromatic N) is 2. The molecule has 1 fully saturated rings. The average molecular weight is 297 g/mol. The van der Waals surface area contributed by atoms with Crippen LogP contribution in [0, 0.1) is 16.0 Å². The number of imide groups is 1. The van der Waals surface area contributed by atoms with E-state index >= 15 is 0 Å². The third-order valence-corrected chi connectivity index (χ3v) is 3.73. The van der Waals surface area contributed by atoms with Crippen molar-refractivity contribution in [3.8, 4) is 0 Å². The third kappa shape index (κ3) is 2.51. The lowest BCUT2D eigenvalue weighted by atomic mass is 10.1. The molecule has 0 N–H and O–H groups in total. The van der Waals surface area contributed by atoms with Crippen LogP contribution in [0.4, 0.5) is 5.69 Å². The van der Waals surface area contributed by atoms with Crippen LogP contribution in [0.15, 0.2) is 18.2 Å². The van der Waals surface area contributed by atoms with Crippen LogP contribution in [0.25, 0.3) is 0 Å². The molecular weight excluding hydrogens is 284 g/mol. The molecule has 0 aliphatic carbocycles. The van der Waals surface area contributed by atoms with Crippen LogP contribution in [0.3, 0.4) is 0 Å². The lowest BCUT2D eigenvalue weighted by molar-refractivity contribution is -0.385. The number of amides is 2. The Morgan fingerprint density at radius 3 is 2.80 bits per heavy atom. The molecule has 1 aromatic carbocycles. The third-order valence-electron chi connectivity index (χ3n) is 3.43. The van der Waals surface area contributed by atoms with Crippen molar-refractivity contribution >= 4 is 29.1 Å². The van der Waals surface area contributed by atoms with Gasteiger partial charge in [-0.1, -0.05) is 31.0 Å². The fraction of sp³-hybridized carbons (Fsp3) is 0.385. The molecule has 7 heteroatoms. The zero-order valence-corrected chi connectivity index (χ0v) is 11.6. The summed E-state index contributed by atoms with van der Waals surface area (Å²) in [6.07, 6.45) is 1.09.